The lowest BCUT2D eigenvalue weighted by Crippen LogP contribution is -1.98. The second kappa shape index (κ2) is 7.25. The lowest BCUT2D eigenvalue weighted by atomic mass is 10.1. The topological polar surface area (TPSA) is 86.3 Å². The molecule has 0 bridgehead atoms. The van der Waals surface area contributed by atoms with Crippen molar-refractivity contribution in [2.24, 2.45) is 0 Å². The van der Waals surface area contributed by atoms with E-state index in [1.165, 1.54) is 30.3 Å². The SMILES string of the molecule is CCCCC/C(=C\c1ccc([N+](=O)[O-])cc1)[N+](=O)[O-]. The van der Waals surface area contributed by atoms with Gasteiger partial charge in [-0.15, -0.1) is 0 Å². The van der Waals surface area contributed by atoms with Gasteiger partial charge in [-0.3, -0.25) is 20.2 Å². The molecule has 0 aliphatic heterocycles. The summed E-state index contributed by atoms with van der Waals surface area (Å²) in [4.78, 5) is 20.5. The Bertz CT molecular complexity index is 480. The van der Waals surface area contributed by atoms with Crippen molar-refractivity contribution in [2.45, 2.75) is 32.6 Å². The zero-order chi connectivity index (χ0) is 14.3. The van der Waals surface area contributed by atoms with Gasteiger partial charge in [0.2, 0.25) is 5.70 Å². The predicted octanol–water partition coefficient (Wildman–Crippen LogP) is 3.79. The molecule has 0 spiro atoms. The maximum atomic E-state index is 10.9. The summed E-state index contributed by atoms with van der Waals surface area (Å²) in [5.41, 5.74) is 0.724. The van der Waals surface area contributed by atoms with Gasteiger partial charge in [0.25, 0.3) is 5.69 Å². The fraction of sp³-hybridized carbons (Fsp3) is 0.385. The summed E-state index contributed by atoms with van der Waals surface area (Å²) >= 11 is 0. The molecule has 0 N–H and O–H groups in total. The molecule has 0 aromatic heterocycles. The number of hydrogen-bond acceptors (Lipinski definition) is 4. The smallest absolute Gasteiger partial charge is 0.259 e. The molecule has 0 unspecified atom stereocenters. The molecule has 1 rings (SSSR count). The Morgan fingerprint density at radius 3 is 2.26 bits per heavy atom. The van der Waals surface area contributed by atoms with Gasteiger partial charge in [-0.2, -0.15) is 0 Å². The molecular weight excluding hydrogens is 248 g/mol. The van der Waals surface area contributed by atoms with Gasteiger partial charge in [-0.05, 0) is 24.1 Å². The van der Waals surface area contributed by atoms with E-state index in [1.54, 1.807) is 0 Å². The summed E-state index contributed by atoms with van der Waals surface area (Å²) in [6.45, 7) is 2.03. The van der Waals surface area contributed by atoms with Crippen LogP contribution in [0, 0.1) is 20.2 Å². The van der Waals surface area contributed by atoms with Crippen molar-refractivity contribution in [3.05, 3.63) is 55.8 Å². The van der Waals surface area contributed by atoms with Crippen molar-refractivity contribution in [3.63, 3.8) is 0 Å². The summed E-state index contributed by atoms with van der Waals surface area (Å²) in [6.07, 6.45) is 4.61. The Labute approximate surface area is 111 Å². The molecule has 0 radical (unpaired) electrons. The van der Waals surface area contributed by atoms with Crippen LogP contribution in [0.2, 0.25) is 0 Å². The quantitative estimate of drug-likeness (QED) is 0.426. The number of non-ortho nitro benzene ring substituents is 1. The second-order valence-electron chi connectivity index (χ2n) is 4.20. The maximum absolute atomic E-state index is 10.9. The highest BCUT2D eigenvalue weighted by Crippen LogP contribution is 2.17. The lowest BCUT2D eigenvalue weighted by molar-refractivity contribution is -0.426. The second-order valence-corrected chi connectivity index (χ2v) is 4.20. The fourth-order valence-electron chi connectivity index (χ4n) is 1.66. The summed E-state index contributed by atoms with van der Waals surface area (Å²) in [5.74, 6) is 0. The Morgan fingerprint density at radius 1 is 1.16 bits per heavy atom. The average molecular weight is 264 g/mol. The molecule has 0 fully saturated rings. The first kappa shape index (κ1) is 14.8. The van der Waals surface area contributed by atoms with Gasteiger partial charge in [0, 0.05) is 24.6 Å². The van der Waals surface area contributed by atoms with Crippen molar-refractivity contribution < 1.29 is 9.85 Å². The zero-order valence-electron chi connectivity index (χ0n) is 10.7. The third-order valence-corrected chi connectivity index (χ3v) is 2.71. The number of nitro benzene ring substituents is 1. The molecule has 0 aliphatic carbocycles. The number of benzene rings is 1. The van der Waals surface area contributed by atoms with E-state index in [-0.39, 0.29) is 11.4 Å². The van der Waals surface area contributed by atoms with E-state index < -0.39 is 9.85 Å². The number of rotatable bonds is 7. The number of allylic oxidation sites excluding steroid dienone is 1. The molecule has 6 heteroatoms. The summed E-state index contributed by atoms with van der Waals surface area (Å²) in [5, 5.41) is 21.4. The van der Waals surface area contributed by atoms with Crippen molar-refractivity contribution in [1.29, 1.82) is 0 Å². The number of hydrogen-bond donors (Lipinski definition) is 0. The summed E-state index contributed by atoms with van der Waals surface area (Å²) in [7, 11) is 0. The monoisotopic (exact) mass is 264 g/mol. The van der Waals surface area contributed by atoms with Gasteiger partial charge in [0.1, 0.15) is 0 Å². The number of nitro groups is 2. The van der Waals surface area contributed by atoms with E-state index >= 15 is 0 Å². The zero-order valence-corrected chi connectivity index (χ0v) is 10.7. The van der Waals surface area contributed by atoms with E-state index in [2.05, 4.69) is 0 Å². The molecular formula is C13H16N2O4. The normalized spacial score (nSPS) is 11.3. The third kappa shape index (κ3) is 4.87. The fourth-order valence-corrected chi connectivity index (χ4v) is 1.66. The maximum Gasteiger partial charge on any atom is 0.269 e. The molecule has 0 aliphatic rings. The van der Waals surface area contributed by atoms with Crippen LogP contribution in [0.4, 0.5) is 5.69 Å². The first-order valence-electron chi connectivity index (χ1n) is 6.14. The molecule has 0 amide bonds. The van der Waals surface area contributed by atoms with Crippen molar-refractivity contribution in [1.82, 2.24) is 0 Å². The molecule has 19 heavy (non-hydrogen) atoms. The van der Waals surface area contributed by atoms with Gasteiger partial charge < -0.3 is 0 Å². The Hall–Kier alpha value is -2.24. The molecule has 0 saturated heterocycles. The molecule has 0 heterocycles. The summed E-state index contributed by atoms with van der Waals surface area (Å²) in [6, 6.07) is 5.72. The minimum absolute atomic E-state index is 0.0224. The van der Waals surface area contributed by atoms with Crippen LogP contribution in [-0.4, -0.2) is 9.85 Å². The van der Waals surface area contributed by atoms with Gasteiger partial charge in [-0.25, -0.2) is 0 Å². The molecule has 0 atom stereocenters. The lowest BCUT2D eigenvalue weighted by Gasteiger charge is -1.99. The van der Waals surface area contributed by atoms with E-state index in [0.29, 0.717) is 12.0 Å². The van der Waals surface area contributed by atoms with E-state index in [4.69, 9.17) is 0 Å². The predicted molar refractivity (Wildman–Crippen MR) is 72.2 cm³/mol. The van der Waals surface area contributed by atoms with Gasteiger partial charge in [0.15, 0.2) is 0 Å². The minimum atomic E-state index is -0.497. The van der Waals surface area contributed by atoms with E-state index in [9.17, 15) is 20.2 Å². The average Bonchev–Trinajstić information content (AvgIpc) is 2.38. The highest BCUT2D eigenvalue weighted by atomic mass is 16.6. The Kier molecular flexibility index (Phi) is 5.66. The number of nitrogens with zero attached hydrogens (tertiary/aromatic N) is 2. The summed E-state index contributed by atoms with van der Waals surface area (Å²) < 4.78 is 0. The van der Waals surface area contributed by atoms with Crippen LogP contribution in [0.15, 0.2) is 30.0 Å². The van der Waals surface area contributed by atoms with Gasteiger partial charge in [-0.1, -0.05) is 19.8 Å². The molecule has 0 saturated carbocycles. The van der Waals surface area contributed by atoms with Crippen LogP contribution in [0.5, 0.6) is 0 Å². The van der Waals surface area contributed by atoms with Crippen molar-refractivity contribution in [2.75, 3.05) is 0 Å². The van der Waals surface area contributed by atoms with E-state index in [1.807, 2.05) is 6.92 Å². The van der Waals surface area contributed by atoms with Crippen LogP contribution < -0.4 is 0 Å². The molecule has 1 aromatic carbocycles. The van der Waals surface area contributed by atoms with Gasteiger partial charge >= 0.3 is 0 Å². The Morgan fingerprint density at radius 2 is 1.79 bits per heavy atom. The van der Waals surface area contributed by atoms with Crippen LogP contribution >= 0.6 is 0 Å². The number of unbranched alkanes of at least 4 members (excludes halogenated alkanes) is 2. The molecule has 6 nitrogen and oxygen atoms in total. The molecule has 1 aromatic rings. The van der Waals surface area contributed by atoms with Crippen LogP contribution in [0.3, 0.4) is 0 Å². The standard InChI is InChI=1S/C13H16N2O4/c1-2-3-4-5-13(15(18)19)10-11-6-8-12(9-7-11)14(16)17/h6-10H,2-5H2,1H3/b13-10+. The molecule has 102 valence electrons. The third-order valence-electron chi connectivity index (χ3n) is 2.71. The van der Waals surface area contributed by atoms with Crippen LogP contribution in [-0.2, 0) is 0 Å². The highest BCUT2D eigenvalue weighted by molar-refractivity contribution is 5.53. The first-order chi connectivity index (χ1) is 9.04. The van der Waals surface area contributed by atoms with E-state index in [0.717, 1.165) is 19.3 Å². The highest BCUT2D eigenvalue weighted by Gasteiger charge is 2.11. The first-order valence-corrected chi connectivity index (χ1v) is 6.14. The Balaban J connectivity index is 2.83. The van der Waals surface area contributed by atoms with Crippen molar-refractivity contribution in [3.8, 4) is 0 Å². The van der Waals surface area contributed by atoms with Crippen LogP contribution in [0.1, 0.15) is 38.2 Å². The van der Waals surface area contributed by atoms with Crippen LogP contribution in [0.25, 0.3) is 6.08 Å². The largest absolute Gasteiger partial charge is 0.269 e. The van der Waals surface area contributed by atoms with Gasteiger partial charge in [0.05, 0.1) is 9.85 Å². The minimum Gasteiger partial charge on any atom is -0.259 e. The van der Waals surface area contributed by atoms with Crippen molar-refractivity contribution >= 4 is 11.8 Å².